The number of rotatable bonds is 2. The Morgan fingerprint density at radius 2 is 2.25 bits per heavy atom. The number of aliphatic hydroxyl groups is 1. The van der Waals surface area contributed by atoms with Gasteiger partial charge < -0.3 is 5.11 Å². The summed E-state index contributed by atoms with van der Waals surface area (Å²) in [6, 6.07) is 8.39. The van der Waals surface area contributed by atoms with E-state index in [-0.39, 0.29) is 6.10 Å². The van der Waals surface area contributed by atoms with Gasteiger partial charge in [0.15, 0.2) is 0 Å². The van der Waals surface area contributed by atoms with Crippen LogP contribution in [0, 0.1) is 0 Å². The highest BCUT2D eigenvalue weighted by molar-refractivity contribution is 5.40. The van der Waals surface area contributed by atoms with E-state index in [1.54, 1.807) is 0 Å². The van der Waals surface area contributed by atoms with Crippen molar-refractivity contribution in [2.45, 2.75) is 31.8 Å². The maximum Gasteiger partial charge on any atom is 0.0609 e. The summed E-state index contributed by atoms with van der Waals surface area (Å²) in [6.07, 6.45) is 1.78. The van der Waals surface area contributed by atoms with Crippen molar-refractivity contribution in [1.29, 1.82) is 0 Å². The van der Waals surface area contributed by atoms with Crippen LogP contribution in [0.4, 0.5) is 0 Å². The Kier molecular flexibility index (Phi) is 1.89. The Bertz CT molecular complexity index is 280. The molecule has 0 radical (unpaired) electrons. The zero-order chi connectivity index (χ0) is 8.55. The molecular formula is C11H14O. The molecule has 2 rings (SSSR count). The normalized spacial score (nSPS) is 22.7. The molecule has 1 aliphatic rings. The van der Waals surface area contributed by atoms with E-state index < -0.39 is 0 Å². The van der Waals surface area contributed by atoms with Crippen LogP contribution in [-0.4, -0.2) is 11.2 Å². The summed E-state index contributed by atoms with van der Waals surface area (Å²) in [6.45, 7) is 2.03. The highest BCUT2D eigenvalue weighted by Gasteiger charge is 2.30. The highest BCUT2D eigenvalue weighted by Crippen LogP contribution is 2.37. The van der Waals surface area contributed by atoms with Crippen LogP contribution >= 0.6 is 0 Å². The molecule has 0 spiro atoms. The molecule has 1 nitrogen and oxygen atoms in total. The Hall–Kier alpha value is -0.820. The zero-order valence-electron chi connectivity index (χ0n) is 7.33. The quantitative estimate of drug-likeness (QED) is 0.706. The van der Waals surface area contributed by atoms with Gasteiger partial charge in [-0.05, 0) is 24.0 Å². The van der Waals surface area contributed by atoms with Crippen molar-refractivity contribution in [3.8, 4) is 0 Å². The van der Waals surface area contributed by atoms with Gasteiger partial charge >= 0.3 is 0 Å². The minimum absolute atomic E-state index is 0.139. The first-order valence-electron chi connectivity index (χ1n) is 4.58. The molecule has 0 heterocycles. The molecule has 0 saturated carbocycles. The van der Waals surface area contributed by atoms with E-state index in [0.29, 0.717) is 5.92 Å². The summed E-state index contributed by atoms with van der Waals surface area (Å²) in [7, 11) is 0. The molecule has 1 aliphatic carbocycles. The van der Waals surface area contributed by atoms with Gasteiger partial charge in [-0.2, -0.15) is 0 Å². The summed E-state index contributed by atoms with van der Waals surface area (Å²) in [5, 5.41) is 9.62. The predicted octanol–water partition coefficient (Wildman–Crippen LogP) is 2.10. The van der Waals surface area contributed by atoms with E-state index in [1.165, 1.54) is 11.1 Å². The van der Waals surface area contributed by atoms with Crippen molar-refractivity contribution in [3.63, 3.8) is 0 Å². The van der Waals surface area contributed by atoms with Crippen LogP contribution < -0.4 is 0 Å². The van der Waals surface area contributed by atoms with Gasteiger partial charge in [-0.15, -0.1) is 0 Å². The fourth-order valence-corrected chi connectivity index (χ4v) is 1.93. The average molecular weight is 162 g/mol. The van der Waals surface area contributed by atoms with Crippen molar-refractivity contribution in [2.75, 3.05) is 0 Å². The van der Waals surface area contributed by atoms with E-state index in [4.69, 9.17) is 0 Å². The lowest BCUT2D eigenvalue weighted by Crippen LogP contribution is -2.28. The molecule has 0 amide bonds. The first-order valence-corrected chi connectivity index (χ1v) is 4.58. The largest absolute Gasteiger partial charge is 0.392 e. The molecule has 2 unspecified atom stereocenters. The molecule has 1 heteroatoms. The Labute approximate surface area is 73.0 Å². The number of hydrogen-bond donors (Lipinski definition) is 1. The first-order chi connectivity index (χ1) is 5.83. The smallest absolute Gasteiger partial charge is 0.0609 e. The second-order valence-corrected chi connectivity index (χ2v) is 3.49. The molecule has 1 aromatic rings. The van der Waals surface area contributed by atoms with E-state index in [0.717, 1.165) is 12.8 Å². The van der Waals surface area contributed by atoms with Gasteiger partial charge in [-0.1, -0.05) is 31.2 Å². The molecule has 0 saturated heterocycles. The lowest BCUT2D eigenvalue weighted by atomic mass is 9.74. The zero-order valence-corrected chi connectivity index (χ0v) is 7.33. The molecular weight excluding hydrogens is 148 g/mol. The van der Waals surface area contributed by atoms with Crippen LogP contribution in [0.15, 0.2) is 24.3 Å². The van der Waals surface area contributed by atoms with Crippen LogP contribution in [0.5, 0.6) is 0 Å². The number of hydrogen-bond acceptors (Lipinski definition) is 1. The van der Waals surface area contributed by atoms with E-state index in [1.807, 2.05) is 13.0 Å². The lowest BCUT2D eigenvalue weighted by Gasteiger charge is -2.33. The van der Waals surface area contributed by atoms with E-state index in [9.17, 15) is 5.11 Å². The highest BCUT2D eigenvalue weighted by atomic mass is 16.3. The van der Waals surface area contributed by atoms with Crippen LogP contribution in [0.25, 0.3) is 0 Å². The third-order valence-electron chi connectivity index (χ3n) is 2.78. The average Bonchev–Trinajstić information content (AvgIpc) is 2.07. The number of aliphatic hydroxyl groups excluding tert-OH is 1. The minimum Gasteiger partial charge on any atom is -0.392 e. The predicted molar refractivity (Wildman–Crippen MR) is 49.2 cm³/mol. The second kappa shape index (κ2) is 2.91. The van der Waals surface area contributed by atoms with Crippen molar-refractivity contribution in [3.05, 3.63) is 35.4 Å². The monoisotopic (exact) mass is 162 g/mol. The Balaban J connectivity index is 2.19. The third kappa shape index (κ3) is 1.05. The molecule has 1 aromatic carbocycles. The fourth-order valence-electron chi connectivity index (χ4n) is 1.93. The molecule has 1 N–H and O–H groups in total. The summed E-state index contributed by atoms with van der Waals surface area (Å²) in [5.41, 5.74) is 2.77. The van der Waals surface area contributed by atoms with Gasteiger partial charge in [0.25, 0.3) is 0 Å². The maximum atomic E-state index is 9.62. The number of fused-ring (bicyclic) bond motifs is 1. The lowest BCUT2D eigenvalue weighted by molar-refractivity contribution is 0.129. The van der Waals surface area contributed by atoms with Gasteiger partial charge in [-0.3, -0.25) is 0 Å². The van der Waals surface area contributed by atoms with E-state index >= 15 is 0 Å². The standard InChI is InChI=1S/C11H14O/c1-2-11(12)10-7-8-5-3-4-6-9(8)10/h3-6,10-12H,2,7H2,1H3. The van der Waals surface area contributed by atoms with Crippen molar-refractivity contribution in [2.24, 2.45) is 0 Å². The maximum absolute atomic E-state index is 9.62. The van der Waals surface area contributed by atoms with Gasteiger partial charge in [0.05, 0.1) is 6.10 Å². The third-order valence-corrected chi connectivity index (χ3v) is 2.78. The van der Waals surface area contributed by atoms with Gasteiger partial charge in [0.1, 0.15) is 0 Å². The van der Waals surface area contributed by atoms with Crippen LogP contribution in [0.1, 0.15) is 30.4 Å². The van der Waals surface area contributed by atoms with Crippen LogP contribution in [-0.2, 0) is 6.42 Å². The van der Waals surface area contributed by atoms with E-state index in [2.05, 4.69) is 18.2 Å². The van der Waals surface area contributed by atoms with Gasteiger partial charge in [0, 0.05) is 5.92 Å². The van der Waals surface area contributed by atoms with Crippen molar-refractivity contribution in [1.82, 2.24) is 0 Å². The van der Waals surface area contributed by atoms with Gasteiger partial charge in [-0.25, -0.2) is 0 Å². The summed E-state index contributed by atoms with van der Waals surface area (Å²) in [5.74, 6) is 0.409. The second-order valence-electron chi connectivity index (χ2n) is 3.49. The SMILES string of the molecule is CCC(O)C1Cc2ccccc21. The van der Waals surface area contributed by atoms with Gasteiger partial charge in [0.2, 0.25) is 0 Å². The fraction of sp³-hybridized carbons (Fsp3) is 0.455. The van der Waals surface area contributed by atoms with Crippen molar-refractivity contribution >= 4 is 0 Å². The Morgan fingerprint density at radius 1 is 1.50 bits per heavy atom. The molecule has 0 aliphatic heterocycles. The first kappa shape index (κ1) is 7.81. The molecule has 0 aromatic heterocycles. The molecule has 12 heavy (non-hydrogen) atoms. The molecule has 2 atom stereocenters. The van der Waals surface area contributed by atoms with Crippen LogP contribution in [0.3, 0.4) is 0 Å². The summed E-state index contributed by atoms with van der Waals surface area (Å²) >= 11 is 0. The number of benzene rings is 1. The van der Waals surface area contributed by atoms with Crippen LogP contribution in [0.2, 0.25) is 0 Å². The van der Waals surface area contributed by atoms with Crippen molar-refractivity contribution < 1.29 is 5.11 Å². The summed E-state index contributed by atoms with van der Waals surface area (Å²) in [4.78, 5) is 0. The minimum atomic E-state index is -0.139. The summed E-state index contributed by atoms with van der Waals surface area (Å²) < 4.78 is 0. The Morgan fingerprint density at radius 3 is 2.92 bits per heavy atom. The molecule has 0 fully saturated rings. The topological polar surface area (TPSA) is 20.2 Å². The molecule has 0 bridgehead atoms. The molecule has 64 valence electrons.